The summed E-state index contributed by atoms with van der Waals surface area (Å²) >= 11 is 6.71. The standard InChI is InChI=1S/C31H29ClN6O3/c1-5-41-31(40)28-27(23-10-6-7-11-24(23)32)26(30(39)35-25-12-8-9-17-33-25)18(2)34-29(28)21-13-15-22(16-14-21)38-19(3)36-37-20(38)4/h6-17,26-27H,5H2,1-4H3,(H,33,35,39). The number of rotatable bonds is 7. The lowest BCUT2D eigenvalue weighted by atomic mass is 9.74. The summed E-state index contributed by atoms with van der Waals surface area (Å²) in [7, 11) is 0. The summed E-state index contributed by atoms with van der Waals surface area (Å²) in [6.45, 7) is 7.45. The number of aliphatic imine (C=N–C) groups is 1. The molecule has 3 heterocycles. The second-order valence-electron chi connectivity index (χ2n) is 9.59. The molecule has 5 rings (SSSR count). The highest BCUT2D eigenvalue weighted by Gasteiger charge is 2.43. The zero-order valence-electron chi connectivity index (χ0n) is 23.1. The number of hydrogen-bond donors (Lipinski definition) is 1. The van der Waals surface area contributed by atoms with E-state index in [1.165, 1.54) is 0 Å². The molecule has 0 spiro atoms. The van der Waals surface area contributed by atoms with Crippen molar-refractivity contribution in [1.82, 2.24) is 19.7 Å². The SMILES string of the molecule is CCOC(=O)C1=C(c2ccc(-n3c(C)nnc3C)cc2)N=C(C)C(C(=O)Nc2ccccn2)C1c1ccccc1Cl. The lowest BCUT2D eigenvalue weighted by Crippen LogP contribution is -2.38. The van der Waals surface area contributed by atoms with Crippen molar-refractivity contribution in [3.8, 4) is 5.69 Å². The Morgan fingerprint density at radius 3 is 2.27 bits per heavy atom. The number of amides is 1. The van der Waals surface area contributed by atoms with E-state index in [0.29, 0.717) is 33.4 Å². The molecular formula is C31H29ClN6O3. The molecular weight excluding hydrogens is 540 g/mol. The van der Waals surface area contributed by atoms with Gasteiger partial charge in [0.15, 0.2) is 0 Å². The zero-order valence-corrected chi connectivity index (χ0v) is 23.9. The van der Waals surface area contributed by atoms with Crippen molar-refractivity contribution in [2.45, 2.75) is 33.6 Å². The Labute approximate surface area is 243 Å². The van der Waals surface area contributed by atoms with E-state index < -0.39 is 17.8 Å². The van der Waals surface area contributed by atoms with Gasteiger partial charge < -0.3 is 10.1 Å². The summed E-state index contributed by atoms with van der Waals surface area (Å²) in [6.07, 6.45) is 1.59. The van der Waals surface area contributed by atoms with E-state index in [0.717, 1.165) is 17.3 Å². The van der Waals surface area contributed by atoms with Gasteiger partial charge in [0, 0.05) is 34.1 Å². The molecule has 41 heavy (non-hydrogen) atoms. The van der Waals surface area contributed by atoms with Crippen LogP contribution in [0.4, 0.5) is 5.82 Å². The molecule has 1 amide bonds. The minimum Gasteiger partial charge on any atom is -0.463 e. The molecule has 0 fully saturated rings. The Morgan fingerprint density at radius 2 is 1.63 bits per heavy atom. The number of benzene rings is 2. The smallest absolute Gasteiger partial charge is 0.336 e. The van der Waals surface area contributed by atoms with Gasteiger partial charge in [0.05, 0.1) is 23.8 Å². The van der Waals surface area contributed by atoms with Gasteiger partial charge in [0.1, 0.15) is 17.5 Å². The third-order valence-corrected chi connectivity index (χ3v) is 7.30. The normalized spacial score (nSPS) is 16.8. The van der Waals surface area contributed by atoms with Gasteiger partial charge >= 0.3 is 5.97 Å². The summed E-state index contributed by atoms with van der Waals surface area (Å²) in [5, 5.41) is 11.6. The van der Waals surface area contributed by atoms with Crippen LogP contribution in [0.25, 0.3) is 11.4 Å². The van der Waals surface area contributed by atoms with E-state index in [1.807, 2.05) is 54.8 Å². The van der Waals surface area contributed by atoms with Crippen LogP contribution in [0.5, 0.6) is 0 Å². The van der Waals surface area contributed by atoms with E-state index >= 15 is 0 Å². The summed E-state index contributed by atoms with van der Waals surface area (Å²) in [4.78, 5) is 36.6. The number of halogens is 1. The number of nitrogens with one attached hydrogen (secondary N) is 1. The summed E-state index contributed by atoms with van der Waals surface area (Å²) in [6, 6.07) is 20.1. The number of aryl methyl sites for hydroxylation is 2. The van der Waals surface area contributed by atoms with Crippen LogP contribution in [0.3, 0.4) is 0 Å². The van der Waals surface area contributed by atoms with Crippen molar-refractivity contribution in [1.29, 1.82) is 0 Å². The van der Waals surface area contributed by atoms with Gasteiger partial charge in [-0.15, -0.1) is 10.2 Å². The number of aromatic nitrogens is 4. The third kappa shape index (κ3) is 5.53. The molecule has 9 nitrogen and oxygen atoms in total. The number of carbonyl (C=O) groups excluding carboxylic acids is 2. The van der Waals surface area contributed by atoms with Crippen LogP contribution < -0.4 is 5.32 Å². The number of ether oxygens (including phenoxy) is 1. The lowest BCUT2D eigenvalue weighted by molar-refractivity contribution is -0.138. The van der Waals surface area contributed by atoms with Crippen LogP contribution in [0.1, 0.15) is 42.5 Å². The molecule has 0 radical (unpaired) electrons. The predicted octanol–water partition coefficient (Wildman–Crippen LogP) is 5.72. The van der Waals surface area contributed by atoms with Gasteiger partial charge in [-0.25, -0.2) is 9.78 Å². The van der Waals surface area contributed by atoms with Crippen molar-refractivity contribution in [3.05, 3.63) is 106 Å². The first-order valence-electron chi connectivity index (χ1n) is 13.2. The fourth-order valence-corrected chi connectivity index (χ4v) is 5.42. The molecule has 2 aromatic heterocycles. The maximum absolute atomic E-state index is 13.8. The van der Waals surface area contributed by atoms with E-state index in [2.05, 4.69) is 20.5 Å². The molecule has 2 unspecified atom stereocenters. The van der Waals surface area contributed by atoms with Crippen LogP contribution in [0, 0.1) is 19.8 Å². The minimum atomic E-state index is -0.846. The summed E-state index contributed by atoms with van der Waals surface area (Å²) < 4.78 is 7.48. The first-order valence-corrected chi connectivity index (χ1v) is 13.6. The molecule has 1 N–H and O–H groups in total. The third-order valence-electron chi connectivity index (χ3n) is 6.96. The van der Waals surface area contributed by atoms with Gasteiger partial charge in [0.25, 0.3) is 0 Å². The topological polar surface area (TPSA) is 111 Å². The van der Waals surface area contributed by atoms with Crippen LogP contribution in [-0.2, 0) is 14.3 Å². The highest BCUT2D eigenvalue weighted by atomic mass is 35.5. The van der Waals surface area contributed by atoms with Crippen molar-refractivity contribution < 1.29 is 14.3 Å². The van der Waals surface area contributed by atoms with Crippen molar-refractivity contribution in [3.63, 3.8) is 0 Å². The number of carbonyl (C=O) groups is 2. The molecule has 0 saturated heterocycles. The second kappa shape index (κ2) is 11.9. The Balaban J connectivity index is 1.67. The molecule has 208 valence electrons. The number of anilines is 1. The molecule has 10 heteroatoms. The first kappa shape index (κ1) is 27.9. The molecule has 1 aliphatic rings. The van der Waals surface area contributed by atoms with Crippen LogP contribution in [-0.4, -0.2) is 43.9 Å². The first-order chi connectivity index (χ1) is 19.8. The van der Waals surface area contributed by atoms with Gasteiger partial charge in [-0.1, -0.05) is 48.0 Å². The molecule has 0 aliphatic carbocycles. The average molecular weight is 569 g/mol. The Kier molecular flexibility index (Phi) is 8.07. The van der Waals surface area contributed by atoms with Gasteiger partial charge in [-0.3, -0.25) is 14.4 Å². The maximum atomic E-state index is 13.8. The van der Waals surface area contributed by atoms with Crippen LogP contribution in [0.2, 0.25) is 5.02 Å². The minimum absolute atomic E-state index is 0.156. The number of pyridine rings is 1. The highest BCUT2D eigenvalue weighted by molar-refractivity contribution is 6.31. The molecule has 4 aromatic rings. The van der Waals surface area contributed by atoms with E-state index in [1.54, 1.807) is 50.4 Å². The Bertz CT molecular complexity index is 1640. The molecule has 2 aromatic carbocycles. The highest BCUT2D eigenvalue weighted by Crippen LogP contribution is 2.45. The average Bonchev–Trinajstić information content (AvgIpc) is 3.30. The Hall–Kier alpha value is -4.63. The second-order valence-corrected chi connectivity index (χ2v) is 10.0. The fourth-order valence-electron chi connectivity index (χ4n) is 5.17. The van der Waals surface area contributed by atoms with Crippen molar-refractivity contribution in [2.24, 2.45) is 10.9 Å². The molecule has 1 aliphatic heterocycles. The van der Waals surface area contributed by atoms with Gasteiger partial charge in [0.2, 0.25) is 5.91 Å². The van der Waals surface area contributed by atoms with Gasteiger partial charge in [-0.2, -0.15) is 0 Å². The number of hydrogen-bond acceptors (Lipinski definition) is 7. The molecule has 0 saturated carbocycles. The van der Waals surface area contributed by atoms with E-state index in [-0.39, 0.29) is 18.1 Å². The number of nitrogens with zero attached hydrogens (tertiary/aromatic N) is 5. The molecule has 2 atom stereocenters. The largest absolute Gasteiger partial charge is 0.463 e. The quantitative estimate of drug-likeness (QED) is 0.285. The van der Waals surface area contributed by atoms with Crippen LogP contribution >= 0.6 is 11.6 Å². The fraction of sp³-hybridized carbons (Fsp3) is 0.226. The van der Waals surface area contributed by atoms with Crippen molar-refractivity contribution in [2.75, 3.05) is 11.9 Å². The zero-order chi connectivity index (χ0) is 29.1. The summed E-state index contributed by atoms with van der Waals surface area (Å²) in [5.41, 5.74) is 3.41. The summed E-state index contributed by atoms with van der Waals surface area (Å²) in [5.74, 6) is -0.616. The predicted molar refractivity (Wildman–Crippen MR) is 158 cm³/mol. The molecule has 0 bridgehead atoms. The number of esters is 1. The van der Waals surface area contributed by atoms with Crippen LogP contribution in [0.15, 0.2) is 83.5 Å². The van der Waals surface area contributed by atoms with E-state index in [4.69, 9.17) is 21.3 Å². The lowest BCUT2D eigenvalue weighted by Gasteiger charge is -2.33. The van der Waals surface area contributed by atoms with E-state index in [9.17, 15) is 9.59 Å². The van der Waals surface area contributed by atoms with Gasteiger partial charge in [-0.05, 0) is 63.6 Å². The monoisotopic (exact) mass is 568 g/mol. The maximum Gasteiger partial charge on any atom is 0.336 e. The van der Waals surface area contributed by atoms with Crippen molar-refractivity contribution >= 4 is 40.7 Å². The Morgan fingerprint density at radius 1 is 0.951 bits per heavy atom.